The van der Waals surface area contributed by atoms with E-state index in [2.05, 4.69) is 9.97 Å². The summed E-state index contributed by atoms with van der Waals surface area (Å²) in [4.78, 5) is 8.57. The summed E-state index contributed by atoms with van der Waals surface area (Å²) in [6.07, 6.45) is 3.42. The second kappa shape index (κ2) is 5.41. The van der Waals surface area contributed by atoms with Gasteiger partial charge in [-0.1, -0.05) is 6.07 Å². The van der Waals surface area contributed by atoms with Crippen molar-refractivity contribution in [3.05, 3.63) is 42.4 Å². The molecule has 1 aromatic carbocycles. The number of benzene rings is 1. The van der Waals surface area contributed by atoms with E-state index in [1.807, 2.05) is 35.9 Å². The number of methoxy groups -OCH3 is 1. The summed E-state index contributed by atoms with van der Waals surface area (Å²) in [6.45, 7) is 0.449. The van der Waals surface area contributed by atoms with E-state index < -0.39 is 0 Å². The predicted molar refractivity (Wildman–Crippen MR) is 79.5 cm³/mol. The summed E-state index contributed by atoms with van der Waals surface area (Å²) in [5.74, 6) is 1.65. The van der Waals surface area contributed by atoms with Gasteiger partial charge < -0.3 is 19.8 Å². The van der Waals surface area contributed by atoms with Crippen molar-refractivity contribution < 1.29 is 9.47 Å². The zero-order valence-corrected chi connectivity index (χ0v) is 11.9. The Hall–Kier alpha value is -2.60. The van der Waals surface area contributed by atoms with E-state index in [-0.39, 0.29) is 0 Å². The van der Waals surface area contributed by atoms with Crippen LogP contribution < -0.4 is 15.2 Å². The monoisotopic (exact) mass is 284 g/mol. The molecule has 0 spiro atoms. The van der Waals surface area contributed by atoms with Gasteiger partial charge in [-0.15, -0.1) is 0 Å². The first-order chi connectivity index (χ1) is 10.2. The van der Waals surface area contributed by atoms with Crippen molar-refractivity contribution in [3.63, 3.8) is 0 Å². The van der Waals surface area contributed by atoms with Gasteiger partial charge in [0.1, 0.15) is 0 Å². The van der Waals surface area contributed by atoms with E-state index in [9.17, 15) is 0 Å². The second-order valence-corrected chi connectivity index (χ2v) is 4.63. The smallest absolute Gasteiger partial charge is 0.247 e. The van der Waals surface area contributed by atoms with Crippen molar-refractivity contribution in [2.75, 3.05) is 7.11 Å². The molecule has 0 fully saturated rings. The molecular weight excluding hydrogens is 268 g/mol. The fourth-order valence-corrected chi connectivity index (χ4v) is 2.14. The fraction of sp³-hybridized carbons (Fsp3) is 0.200. The van der Waals surface area contributed by atoms with Gasteiger partial charge in [0.2, 0.25) is 5.88 Å². The SMILES string of the molecule is COc1cc(CN)ccc1Oc1nccc2c1ncn2C. The second-order valence-electron chi connectivity index (χ2n) is 4.63. The van der Waals surface area contributed by atoms with Crippen LogP contribution in [0.3, 0.4) is 0 Å². The maximum Gasteiger partial charge on any atom is 0.247 e. The van der Waals surface area contributed by atoms with Crippen LogP contribution in [0.25, 0.3) is 11.0 Å². The lowest BCUT2D eigenvalue weighted by Crippen LogP contribution is -1.98. The van der Waals surface area contributed by atoms with E-state index in [4.69, 9.17) is 15.2 Å². The van der Waals surface area contributed by atoms with Crippen molar-refractivity contribution in [2.24, 2.45) is 12.8 Å². The molecule has 0 saturated heterocycles. The summed E-state index contributed by atoms with van der Waals surface area (Å²) >= 11 is 0. The van der Waals surface area contributed by atoms with E-state index in [0.29, 0.717) is 29.4 Å². The Kier molecular flexibility index (Phi) is 3.45. The van der Waals surface area contributed by atoms with Gasteiger partial charge in [0, 0.05) is 19.8 Å². The van der Waals surface area contributed by atoms with Crippen molar-refractivity contribution >= 4 is 11.0 Å². The Morgan fingerprint density at radius 1 is 1.19 bits per heavy atom. The molecule has 2 N–H and O–H groups in total. The van der Waals surface area contributed by atoms with Gasteiger partial charge in [-0.25, -0.2) is 9.97 Å². The summed E-state index contributed by atoms with van der Waals surface area (Å²) in [6, 6.07) is 7.47. The number of pyridine rings is 1. The third-order valence-corrected chi connectivity index (χ3v) is 3.28. The lowest BCUT2D eigenvalue weighted by molar-refractivity contribution is 0.375. The molecule has 0 unspecified atom stereocenters. The van der Waals surface area contributed by atoms with Crippen LogP contribution in [-0.4, -0.2) is 21.6 Å². The van der Waals surface area contributed by atoms with Crippen LogP contribution in [0, 0.1) is 0 Å². The van der Waals surface area contributed by atoms with Crippen molar-refractivity contribution in [2.45, 2.75) is 6.54 Å². The van der Waals surface area contributed by atoms with E-state index in [1.165, 1.54) is 0 Å². The molecule has 6 nitrogen and oxygen atoms in total. The van der Waals surface area contributed by atoms with Crippen LogP contribution in [0.4, 0.5) is 0 Å². The minimum absolute atomic E-state index is 0.449. The Morgan fingerprint density at radius 3 is 2.81 bits per heavy atom. The summed E-state index contributed by atoms with van der Waals surface area (Å²) in [5.41, 5.74) is 8.28. The highest BCUT2D eigenvalue weighted by molar-refractivity contribution is 5.80. The van der Waals surface area contributed by atoms with E-state index in [0.717, 1.165) is 11.1 Å². The molecule has 21 heavy (non-hydrogen) atoms. The van der Waals surface area contributed by atoms with Crippen LogP contribution in [-0.2, 0) is 13.6 Å². The highest BCUT2D eigenvalue weighted by atomic mass is 16.5. The number of aryl methyl sites for hydroxylation is 1. The number of imidazole rings is 1. The van der Waals surface area contributed by atoms with Gasteiger partial charge >= 0.3 is 0 Å². The van der Waals surface area contributed by atoms with Gasteiger partial charge in [0.15, 0.2) is 17.0 Å². The molecule has 0 aliphatic heterocycles. The lowest BCUT2D eigenvalue weighted by Gasteiger charge is -2.11. The molecule has 0 aliphatic rings. The highest BCUT2D eigenvalue weighted by Gasteiger charge is 2.12. The van der Waals surface area contributed by atoms with Crippen LogP contribution in [0.2, 0.25) is 0 Å². The topological polar surface area (TPSA) is 75.2 Å². The van der Waals surface area contributed by atoms with E-state index in [1.54, 1.807) is 19.6 Å². The Morgan fingerprint density at radius 2 is 2.05 bits per heavy atom. The molecule has 3 rings (SSSR count). The number of hydrogen-bond donors (Lipinski definition) is 1. The Bertz CT molecular complexity index is 782. The van der Waals surface area contributed by atoms with Crippen molar-refractivity contribution in [3.8, 4) is 17.4 Å². The summed E-state index contributed by atoms with van der Waals surface area (Å²) < 4.78 is 13.1. The first-order valence-electron chi connectivity index (χ1n) is 6.54. The normalized spacial score (nSPS) is 10.8. The first kappa shape index (κ1) is 13.4. The molecular formula is C15H16N4O2. The zero-order chi connectivity index (χ0) is 14.8. The van der Waals surface area contributed by atoms with Crippen LogP contribution in [0.15, 0.2) is 36.8 Å². The third-order valence-electron chi connectivity index (χ3n) is 3.28. The maximum atomic E-state index is 5.87. The molecule has 0 radical (unpaired) electrons. The van der Waals surface area contributed by atoms with Gasteiger partial charge in [0.25, 0.3) is 0 Å². The largest absolute Gasteiger partial charge is 0.493 e. The van der Waals surface area contributed by atoms with Crippen LogP contribution >= 0.6 is 0 Å². The minimum atomic E-state index is 0.449. The van der Waals surface area contributed by atoms with E-state index >= 15 is 0 Å². The van der Waals surface area contributed by atoms with Gasteiger partial charge in [0.05, 0.1) is 19.0 Å². The molecule has 108 valence electrons. The average Bonchev–Trinajstić information content (AvgIpc) is 2.90. The third kappa shape index (κ3) is 2.41. The molecule has 0 amide bonds. The molecule has 6 heteroatoms. The van der Waals surface area contributed by atoms with Crippen LogP contribution in [0.1, 0.15) is 5.56 Å². The molecule has 0 atom stereocenters. The lowest BCUT2D eigenvalue weighted by atomic mass is 10.2. The van der Waals surface area contributed by atoms with Gasteiger partial charge in [-0.05, 0) is 23.8 Å². The van der Waals surface area contributed by atoms with Gasteiger partial charge in [-0.2, -0.15) is 0 Å². The van der Waals surface area contributed by atoms with Gasteiger partial charge in [-0.3, -0.25) is 0 Å². The Labute approximate surface area is 122 Å². The Balaban J connectivity index is 2.02. The fourth-order valence-electron chi connectivity index (χ4n) is 2.14. The molecule has 0 saturated carbocycles. The number of rotatable bonds is 4. The number of aromatic nitrogens is 3. The number of nitrogens with zero attached hydrogens (tertiary/aromatic N) is 3. The summed E-state index contributed by atoms with van der Waals surface area (Å²) in [5, 5.41) is 0. The van der Waals surface area contributed by atoms with Crippen LogP contribution in [0.5, 0.6) is 17.4 Å². The quantitative estimate of drug-likeness (QED) is 0.795. The molecule has 2 heterocycles. The average molecular weight is 284 g/mol. The molecule has 3 aromatic rings. The number of hydrogen-bond acceptors (Lipinski definition) is 5. The zero-order valence-electron chi connectivity index (χ0n) is 11.9. The highest BCUT2D eigenvalue weighted by Crippen LogP contribution is 2.33. The molecule has 2 aromatic heterocycles. The molecule has 0 bridgehead atoms. The number of nitrogens with two attached hydrogens (primary N) is 1. The summed E-state index contributed by atoms with van der Waals surface area (Å²) in [7, 11) is 3.52. The maximum absolute atomic E-state index is 5.87. The predicted octanol–water partition coefficient (Wildman–Crippen LogP) is 2.23. The standard InChI is InChI=1S/C15H16N4O2/c1-19-9-18-14-11(19)5-6-17-15(14)21-12-4-3-10(8-16)7-13(12)20-2/h3-7,9H,8,16H2,1-2H3. The first-order valence-corrected chi connectivity index (χ1v) is 6.54. The number of ether oxygens (including phenoxy) is 2. The molecule has 0 aliphatic carbocycles. The minimum Gasteiger partial charge on any atom is -0.493 e. The van der Waals surface area contributed by atoms with Crippen molar-refractivity contribution in [1.82, 2.24) is 14.5 Å². The van der Waals surface area contributed by atoms with Crippen molar-refractivity contribution in [1.29, 1.82) is 0 Å². The number of fused-ring (bicyclic) bond motifs is 1.